The van der Waals surface area contributed by atoms with Crippen LogP contribution in [0.5, 0.6) is 0 Å². The average Bonchev–Trinajstić information content (AvgIpc) is 2.73. The lowest BCUT2D eigenvalue weighted by molar-refractivity contribution is 0.653. The van der Waals surface area contributed by atoms with Crippen molar-refractivity contribution in [2.75, 3.05) is 0 Å². The fourth-order valence-electron chi connectivity index (χ4n) is 1.90. The molecular formula is C12H6N4O. The van der Waals surface area contributed by atoms with Crippen LogP contribution in [0.25, 0.3) is 33.2 Å². The van der Waals surface area contributed by atoms with Crippen molar-refractivity contribution in [2.24, 2.45) is 0 Å². The number of rotatable bonds is 0. The molecule has 0 amide bonds. The lowest BCUT2D eigenvalue weighted by Crippen LogP contribution is -1.85. The van der Waals surface area contributed by atoms with E-state index in [2.05, 4.69) is 19.9 Å². The maximum absolute atomic E-state index is 5.60. The van der Waals surface area contributed by atoms with E-state index < -0.39 is 0 Å². The second-order valence-electron chi connectivity index (χ2n) is 3.72. The van der Waals surface area contributed by atoms with Gasteiger partial charge < -0.3 is 4.42 Å². The highest BCUT2D eigenvalue weighted by atomic mass is 16.3. The van der Waals surface area contributed by atoms with Gasteiger partial charge in [-0.25, -0.2) is 9.97 Å². The van der Waals surface area contributed by atoms with Crippen LogP contribution in [-0.2, 0) is 0 Å². The van der Waals surface area contributed by atoms with Gasteiger partial charge in [0.15, 0.2) is 5.58 Å². The quantitative estimate of drug-likeness (QED) is 0.456. The summed E-state index contributed by atoms with van der Waals surface area (Å²) in [5.74, 6) is 0. The Morgan fingerprint density at radius 3 is 2.76 bits per heavy atom. The first-order valence-electron chi connectivity index (χ1n) is 5.16. The zero-order valence-electron chi connectivity index (χ0n) is 8.66. The number of nitrogens with zero attached hydrogens (tertiary/aromatic N) is 4. The Kier molecular flexibility index (Phi) is 1.50. The number of fused-ring (bicyclic) bond motifs is 4. The number of aromatic nitrogens is 4. The summed E-state index contributed by atoms with van der Waals surface area (Å²) in [4.78, 5) is 17.0. The van der Waals surface area contributed by atoms with E-state index in [0.29, 0.717) is 11.3 Å². The molecule has 5 nitrogen and oxygen atoms in total. The molecule has 4 rings (SSSR count). The van der Waals surface area contributed by atoms with Gasteiger partial charge in [0.2, 0.25) is 5.71 Å². The third kappa shape index (κ3) is 1.13. The minimum absolute atomic E-state index is 0.534. The van der Waals surface area contributed by atoms with Crippen molar-refractivity contribution < 1.29 is 4.42 Å². The van der Waals surface area contributed by atoms with Crippen molar-refractivity contribution in [3.05, 3.63) is 36.9 Å². The minimum atomic E-state index is 0.534. The maximum Gasteiger partial charge on any atom is 0.246 e. The molecule has 0 fully saturated rings. The van der Waals surface area contributed by atoms with Crippen LogP contribution in [0.15, 0.2) is 41.3 Å². The number of hydrogen-bond acceptors (Lipinski definition) is 5. The van der Waals surface area contributed by atoms with Gasteiger partial charge in [0, 0.05) is 12.4 Å². The highest BCUT2D eigenvalue weighted by molar-refractivity contribution is 6.02. The van der Waals surface area contributed by atoms with Gasteiger partial charge in [-0.2, -0.15) is 0 Å². The number of hydrogen-bond donors (Lipinski definition) is 0. The number of pyridine rings is 2. The standard InChI is InChI=1S/C12H6N4O/c1-3-14-6-10-7(1)11-12(17-10)16-8-2-4-13-5-9(8)15-11/h1-6H. The van der Waals surface area contributed by atoms with Gasteiger partial charge in [-0.15, -0.1) is 0 Å². The van der Waals surface area contributed by atoms with Gasteiger partial charge in [-0.05, 0) is 12.1 Å². The highest BCUT2D eigenvalue weighted by Gasteiger charge is 2.10. The first-order valence-corrected chi connectivity index (χ1v) is 5.16. The van der Waals surface area contributed by atoms with Gasteiger partial charge >= 0.3 is 0 Å². The number of furan rings is 1. The zero-order valence-corrected chi connectivity index (χ0v) is 8.66. The second-order valence-corrected chi connectivity index (χ2v) is 3.72. The van der Waals surface area contributed by atoms with Crippen LogP contribution < -0.4 is 0 Å². The predicted octanol–water partition coefficient (Wildman–Crippen LogP) is 2.32. The van der Waals surface area contributed by atoms with Crippen LogP contribution in [-0.4, -0.2) is 19.9 Å². The molecule has 0 radical (unpaired) electrons. The molecule has 0 unspecified atom stereocenters. The van der Waals surface area contributed by atoms with Gasteiger partial charge in [0.1, 0.15) is 11.0 Å². The van der Waals surface area contributed by atoms with Crippen molar-refractivity contribution in [1.82, 2.24) is 19.9 Å². The van der Waals surface area contributed by atoms with Crippen LogP contribution >= 0.6 is 0 Å². The summed E-state index contributed by atoms with van der Waals surface area (Å²) in [6.45, 7) is 0. The Morgan fingerprint density at radius 2 is 1.76 bits per heavy atom. The van der Waals surface area contributed by atoms with Crippen molar-refractivity contribution in [3.63, 3.8) is 0 Å². The summed E-state index contributed by atoms with van der Waals surface area (Å²) in [6, 6.07) is 3.69. The smallest absolute Gasteiger partial charge is 0.246 e. The predicted molar refractivity (Wildman–Crippen MR) is 62.4 cm³/mol. The first-order chi connectivity index (χ1) is 8.42. The van der Waals surface area contributed by atoms with E-state index in [1.807, 2.05) is 12.1 Å². The lowest BCUT2D eigenvalue weighted by atomic mass is 10.3. The summed E-state index contributed by atoms with van der Waals surface area (Å²) in [5.41, 5.74) is 3.53. The van der Waals surface area contributed by atoms with Crippen molar-refractivity contribution in [1.29, 1.82) is 0 Å². The summed E-state index contributed by atoms with van der Waals surface area (Å²) >= 11 is 0. The molecule has 0 saturated heterocycles. The molecule has 0 spiro atoms. The molecule has 0 bridgehead atoms. The van der Waals surface area contributed by atoms with Gasteiger partial charge in [-0.3, -0.25) is 9.97 Å². The monoisotopic (exact) mass is 222 g/mol. The average molecular weight is 222 g/mol. The van der Waals surface area contributed by atoms with E-state index in [9.17, 15) is 0 Å². The third-order valence-corrected chi connectivity index (χ3v) is 2.68. The van der Waals surface area contributed by atoms with Gasteiger partial charge in [0.05, 0.1) is 23.3 Å². The molecule has 5 heteroatoms. The Hall–Kier alpha value is -2.56. The van der Waals surface area contributed by atoms with Gasteiger partial charge in [0.25, 0.3) is 0 Å². The van der Waals surface area contributed by atoms with Gasteiger partial charge in [-0.1, -0.05) is 0 Å². The summed E-state index contributed by atoms with van der Waals surface area (Å²) < 4.78 is 5.60. The molecule has 80 valence electrons. The van der Waals surface area contributed by atoms with Crippen LogP contribution in [0.2, 0.25) is 0 Å². The normalized spacial score (nSPS) is 11.5. The molecule has 0 N–H and O–H groups in total. The fraction of sp³-hybridized carbons (Fsp3) is 0. The summed E-state index contributed by atoms with van der Waals surface area (Å²) in [7, 11) is 0. The summed E-state index contributed by atoms with van der Waals surface area (Å²) in [6.07, 6.45) is 6.77. The molecule has 0 atom stereocenters. The maximum atomic E-state index is 5.60. The van der Waals surface area contributed by atoms with E-state index in [1.165, 1.54) is 0 Å². The van der Waals surface area contributed by atoms with Crippen LogP contribution in [0, 0.1) is 0 Å². The zero-order chi connectivity index (χ0) is 11.2. The molecule has 0 aliphatic carbocycles. The molecule has 17 heavy (non-hydrogen) atoms. The Labute approximate surface area is 95.1 Å². The van der Waals surface area contributed by atoms with E-state index in [0.717, 1.165) is 21.9 Å². The van der Waals surface area contributed by atoms with Crippen LogP contribution in [0.4, 0.5) is 0 Å². The van der Waals surface area contributed by atoms with Crippen LogP contribution in [0.1, 0.15) is 0 Å². The second kappa shape index (κ2) is 2.98. The first kappa shape index (κ1) is 8.58. The molecule has 0 aliphatic rings. The minimum Gasteiger partial charge on any atom is -0.435 e. The molecule has 0 aliphatic heterocycles. The van der Waals surface area contributed by atoms with E-state index in [4.69, 9.17) is 4.42 Å². The molecule has 4 aromatic rings. The van der Waals surface area contributed by atoms with E-state index in [-0.39, 0.29) is 0 Å². The van der Waals surface area contributed by atoms with Crippen LogP contribution in [0.3, 0.4) is 0 Å². The third-order valence-electron chi connectivity index (χ3n) is 2.68. The molecular weight excluding hydrogens is 216 g/mol. The summed E-state index contributed by atoms with van der Waals surface area (Å²) in [5, 5.41) is 0.924. The highest BCUT2D eigenvalue weighted by Crippen LogP contribution is 2.26. The van der Waals surface area contributed by atoms with E-state index in [1.54, 1.807) is 24.8 Å². The largest absolute Gasteiger partial charge is 0.435 e. The van der Waals surface area contributed by atoms with Crippen molar-refractivity contribution in [3.8, 4) is 0 Å². The van der Waals surface area contributed by atoms with Crippen molar-refractivity contribution >= 4 is 33.2 Å². The lowest BCUT2D eigenvalue weighted by Gasteiger charge is -1.94. The fourth-order valence-corrected chi connectivity index (χ4v) is 1.90. The Balaban J connectivity index is 2.28. The molecule has 4 aromatic heterocycles. The topological polar surface area (TPSA) is 64.7 Å². The Bertz CT molecular complexity index is 847. The van der Waals surface area contributed by atoms with E-state index >= 15 is 0 Å². The molecule has 0 saturated carbocycles. The molecule has 0 aromatic carbocycles. The molecule has 4 heterocycles. The van der Waals surface area contributed by atoms with Crippen molar-refractivity contribution in [2.45, 2.75) is 0 Å². The Morgan fingerprint density at radius 1 is 0.882 bits per heavy atom. The SMILES string of the molecule is c1cc2nc3oc4cnccc4c3nc2cn1.